The van der Waals surface area contributed by atoms with Crippen molar-refractivity contribution in [1.82, 2.24) is 14.7 Å². The molecule has 122 valence electrons. The maximum absolute atomic E-state index is 12.0. The van der Waals surface area contributed by atoms with Gasteiger partial charge in [-0.25, -0.2) is 0 Å². The third-order valence-corrected chi connectivity index (χ3v) is 3.97. The molecule has 0 radical (unpaired) electrons. The summed E-state index contributed by atoms with van der Waals surface area (Å²) in [6, 6.07) is 7.92. The molecule has 0 unspecified atom stereocenters. The van der Waals surface area contributed by atoms with Crippen LogP contribution < -0.4 is 10.1 Å². The summed E-state index contributed by atoms with van der Waals surface area (Å²) in [5.74, 6) is 1.51. The number of amides is 1. The Morgan fingerprint density at radius 2 is 2.00 bits per heavy atom. The number of para-hydroxylation sites is 1. The van der Waals surface area contributed by atoms with Crippen molar-refractivity contribution in [2.75, 3.05) is 25.0 Å². The number of hydrogen-bond donors (Lipinski definition) is 1. The first-order chi connectivity index (χ1) is 11.0. The van der Waals surface area contributed by atoms with E-state index in [1.807, 2.05) is 13.1 Å². The van der Waals surface area contributed by atoms with Crippen molar-refractivity contribution in [3.63, 3.8) is 0 Å². The molecule has 2 heterocycles. The molecule has 23 heavy (non-hydrogen) atoms. The van der Waals surface area contributed by atoms with Gasteiger partial charge in [0.25, 0.3) is 0 Å². The van der Waals surface area contributed by atoms with Gasteiger partial charge in [0.15, 0.2) is 5.82 Å². The first-order valence-corrected chi connectivity index (χ1v) is 7.76. The van der Waals surface area contributed by atoms with Crippen LogP contribution >= 0.6 is 0 Å². The highest BCUT2D eigenvalue weighted by molar-refractivity contribution is 5.91. The molecule has 0 atom stereocenters. The second-order valence-corrected chi connectivity index (χ2v) is 6.08. The van der Waals surface area contributed by atoms with Crippen molar-refractivity contribution in [3.8, 4) is 5.75 Å². The highest BCUT2D eigenvalue weighted by Crippen LogP contribution is 2.25. The lowest BCUT2D eigenvalue weighted by molar-refractivity contribution is -0.119. The predicted octanol–water partition coefficient (Wildman–Crippen LogP) is 1.74. The Kier molecular flexibility index (Phi) is 4.34. The van der Waals surface area contributed by atoms with E-state index in [-0.39, 0.29) is 12.0 Å². The van der Waals surface area contributed by atoms with Crippen LogP contribution in [0.4, 0.5) is 5.82 Å². The number of anilines is 1. The van der Waals surface area contributed by atoms with Crippen LogP contribution in [0.1, 0.15) is 11.1 Å². The number of aromatic nitrogens is 2. The van der Waals surface area contributed by atoms with Crippen LogP contribution in [-0.2, 0) is 11.8 Å². The van der Waals surface area contributed by atoms with Crippen LogP contribution in [0.5, 0.6) is 5.75 Å². The van der Waals surface area contributed by atoms with E-state index in [4.69, 9.17) is 4.74 Å². The number of carbonyl (C=O) groups excluding carboxylic acids is 1. The summed E-state index contributed by atoms with van der Waals surface area (Å²) in [6.07, 6.45) is 1.95. The van der Waals surface area contributed by atoms with Gasteiger partial charge < -0.3 is 10.1 Å². The lowest BCUT2D eigenvalue weighted by Crippen LogP contribution is -2.55. The van der Waals surface area contributed by atoms with E-state index in [0.717, 1.165) is 30.0 Å². The maximum atomic E-state index is 12.0. The molecule has 1 aromatic heterocycles. The zero-order valence-electron chi connectivity index (χ0n) is 13.7. The molecule has 1 N–H and O–H groups in total. The molecule has 2 aromatic rings. The number of nitrogens with zero attached hydrogens (tertiary/aromatic N) is 3. The number of hydrogen-bond acceptors (Lipinski definition) is 4. The SMILES string of the molecule is Cc1cccc(C)c1OC1CN(CC(=O)Nc2ccn(C)n2)C1. The Morgan fingerprint density at radius 1 is 1.30 bits per heavy atom. The fourth-order valence-corrected chi connectivity index (χ4v) is 2.75. The normalized spacial score (nSPS) is 15.3. The predicted molar refractivity (Wildman–Crippen MR) is 88.6 cm³/mol. The molecular formula is C17H22N4O2. The second kappa shape index (κ2) is 6.42. The zero-order valence-corrected chi connectivity index (χ0v) is 13.7. The number of rotatable bonds is 5. The van der Waals surface area contributed by atoms with E-state index in [9.17, 15) is 4.79 Å². The van der Waals surface area contributed by atoms with Crippen molar-refractivity contribution in [3.05, 3.63) is 41.6 Å². The Balaban J connectivity index is 1.45. The van der Waals surface area contributed by atoms with Gasteiger partial charge in [0.1, 0.15) is 11.9 Å². The van der Waals surface area contributed by atoms with Gasteiger partial charge in [-0.2, -0.15) is 5.10 Å². The Bertz CT molecular complexity index is 684. The number of nitrogens with one attached hydrogen (secondary N) is 1. The lowest BCUT2D eigenvalue weighted by atomic mass is 10.1. The van der Waals surface area contributed by atoms with Gasteiger partial charge in [0.05, 0.1) is 6.54 Å². The number of likely N-dealkylation sites (tertiary alicyclic amines) is 1. The fraction of sp³-hybridized carbons (Fsp3) is 0.412. The topological polar surface area (TPSA) is 59.4 Å². The van der Waals surface area contributed by atoms with E-state index in [2.05, 4.69) is 41.3 Å². The Labute approximate surface area is 136 Å². The average molecular weight is 314 g/mol. The maximum Gasteiger partial charge on any atom is 0.239 e. The van der Waals surface area contributed by atoms with Gasteiger partial charge in [0, 0.05) is 32.4 Å². The third kappa shape index (κ3) is 3.71. The number of ether oxygens (including phenoxy) is 1. The second-order valence-electron chi connectivity index (χ2n) is 6.08. The molecule has 3 rings (SSSR count). The minimum atomic E-state index is -0.0470. The van der Waals surface area contributed by atoms with E-state index >= 15 is 0 Å². The van der Waals surface area contributed by atoms with Gasteiger partial charge in [-0.05, 0) is 25.0 Å². The first-order valence-electron chi connectivity index (χ1n) is 7.76. The largest absolute Gasteiger partial charge is 0.487 e. The van der Waals surface area contributed by atoms with E-state index in [0.29, 0.717) is 12.4 Å². The van der Waals surface area contributed by atoms with Gasteiger partial charge in [0.2, 0.25) is 5.91 Å². The van der Waals surface area contributed by atoms with Gasteiger partial charge >= 0.3 is 0 Å². The molecule has 1 aliphatic rings. The van der Waals surface area contributed by atoms with Gasteiger partial charge in [-0.1, -0.05) is 18.2 Å². The molecule has 0 saturated carbocycles. The van der Waals surface area contributed by atoms with Crippen LogP contribution in [0.2, 0.25) is 0 Å². The summed E-state index contributed by atoms with van der Waals surface area (Å²) in [4.78, 5) is 14.0. The molecular weight excluding hydrogens is 292 g/mol. The molecule has 0 aliphatic carbocycles. The summed E-state index contributed by atoms with van der Waals surface area (Å²) >= 11 is 0. The summed E-state index contributed by atoms with van der Waals surface area (Å²) < 4.78 is 7.72. The summed E-state index contributed by atoms with van der Waals surface area (Å²) in [5.41, 5.74) is 2.30. The molecule has 1 amide bonds. The smallest absolute Gasteiger partial charge is 0.239 e. The van der Waals surface area contributed by atoms with E-state index < -0.39 is 0 Å². The van der Waals surface area contributed by atoms with Crippen molar-refractivity contribution in [1.29, 1.82) is 0 Å². The Morgan fingerprint density at radius 3 is 2.61 bits per heavy atom. The minimum absolute atomic E-state index is 0.0470. The fourth-order valence-electron chi connectivity index (χ4n) is 2.75. The molecule has 1 aromatic carbocycles. The van der Waals surface area contributed by atoms with E-state index in [1.54, 1.807) is 16.9 Å². The van der Waals surface area contributed by atoms with Crippen LogP contribution in [0.15, 0.2) is 30.5 Å². The molecule has 6 nitrogen and oxygen atoms in total. The number of carbonyl (C=O) groups is 1. The highest BCUT2D eigenvalue weighted by Gasteiger charge is 2.30. The lowest BCUT2D eigenvalue weighted by Gasteiger charge is -2.38. The summed E-state index contributed by atoms with van der Waals surface area (Å²) in [7, 11) is 1.82. The quantitative estimate of drug-likeness (QED) is 0.913. The average Bonchev–Trinajstić information content (AvgIpc) is 2.85. The summed E-state index contributed by atoms with van der Waals surface area (Å²) in [5, 5.41) is 6.92. The molecule has 0 bridgehead atoms. The highest BCUT2D eigenvalue weighted by atomic mass is 16.5. The summed E-state index contributed by atoms with van der Waals surface area (Å²) in [6.45, 7) is 6.01. The van der Waals surface area contributed by atoms with Crippen molar-refractivity contribution >= 4 is 11.7 Å². The first kappa shape index (κ1) is 15.6. The van der Waals surface area contributed by atoms with Crippen LogP contribution in [0.25, 0.3) is 0 Å². The van der Waals surface area contributed by atoms with Gasteiger partial charge in [-0.3, -0.25) is 14.4 Å². The zero-order chi connectivity index (χ0) is 16.4. The molecule has 1 aliphatic heterocycles. The van der Waals surface area contributed by atoms with Crippen LogP contribution in [0, 0.1) is 13.8 Å². The van der Waals surface area contributed by atoms with Crippen LogP contribution in [-0.4, -0.2) is 46.3 Å². The molecule has 6 heteroatoms. The van der Waals surface area contributed by atoms with Crippen molar-refractivity contribution in [2.45, 2.75) is 20.0 Å². The molecule has 1 saturated heterocycles. The monoisotopic (exact) mass is 314 g/mol. The number of aryl methyl sites for hydroxylation is 3. The molecule has 1 fully saturated rings. The van der Waals surface area contributed by atoms with Crippen molar-refractivity contribution < 1.29 is 9.53 Å². The van der Waals surface area contributed by atoms with E-state index in [1.165, 1.54) is 0 Å². The minimum Gasteiger partial charge on any atom is -0.487 e. The van der Waals surface area contributed by atoms with Gasteiger partial charge in [-0.15, -0.1) is 0 Å². The third-order valence-electron chi connectivity index (χ3n) is 3.97. The van der Waals surface area contributed by atoms with Crippen molar-refractivity contribution in [2.24, 2.45) is 7.05 Å². The Hall–Kier alpha value is -2.34. The number of benzene rings is 1. The van der Waals surface area contributed by atoms with Crippen LogP contribution in [0.3, 0.4) is 0 Å². The molecule has 0 spiro atoms. The standard InChI is InChI=1S/C17H22N4O2/c1-12-5-4-6-13(2)17(12)23-14-9-21(10-14)11-16(22)18-15-7-8-20(3)19-15/h4-8,14H,9-11H2,1-3H3,(H,18,19,22).